The van der Waals surface area contributed by atoms with Gasteiger partial charge in [0.05, 0.1) is 4.90 Å². The molecule has 0 amide bonds. The Bertz CT molecular complexity index is 512. The predicted molar refractivity (Wildman–Crippen MR) is 74.5 cm³/mol. The highest BCUT2D eigenvalue weighted by Gasteiger charge is 2.18. The van der Waals surface area contributed by atoms with Crippen LogP contribution in [0.2, 0.25) is 0 Å². The molecule has 1 unspecified atom stereocenters. The van der Waals surface area contributed by atoms with Crippen molar-refractivity contribution in [3.8, 4) is 0 Å². The minimum atomic E-state index is -3.26. The summed E-state index contributed by atoms with van der Waals surface area (Å²) in [7, 11) is -3.26. The van der Waals surface area contributed by atoms with Gasteiger partial charge in [0.15, 0.2) is 9.84 Å². The summed E-state index contributed by atoms with van der Waals surface area (Å²) in [6.45, 7) is 1.85. The molecule has 3 nitrogen and oxygen atoms in total. The molecule has 0 aliphatic rings. The Morgan fingerprint density at radius 1 is 1.47 bits per heavy atom. The minimum Gasteiger partial charge on any atom is -0.396 e. The first kappa shape index (κ1) is 15.0. The Balaban J connectivity index is 3.50. The minimum absolute atomic E-state index is 0.00570. The van der Waals surface area contributed by atoms with Crippen molar-refractivity contribution in [1.29, 1.82) is 0 Å². The standard InChI is InChI=1S/C11H15BrO3S2/c1-7(6-13)8-4-9(12)11(16-2)10(5-8)17(3,14)15/h4-5,7,13H,6H2,1-3H3. The van der Waals surface area contributed by atoms with Gasteiger partial charge in [-0.1, -0.05) is 6.92 Å². The van der Waals surface area contributed by atoms with E-state index in [0.717, 1.165) is 10.0 Å². The summed E-state index contributed by atoms with van der Waals surface area (Å²) in [5, 5.41) is 9.13. The van der Waals surface area contributed by atoms with Gasteiger partial charge in [0.2, 0.25) is 0 Å². The molecule has 17 heavy (non-hydrogen) atoms. The fourth-order valence-electron chi connectivity index (χ4n) is 1.45. The van der Waals surface area contributed by atoms with Crippen LogP contribution in [0.5, 0.6) is 0 Å². The van der Waals surface area contributed by atoms with E-state index < -0.39 is 9.84 Å². The number of sulfone groups is 1. The second-order valence-corrected chi connectivity index (χ2v) is 7.54. The molecule has 0 radical (unpaired) electrons. The van der Waals surface area contributed by atoms with Crippen LogP contribution in [0.3, 0.4) is 0 Å². The number of thioether (sulfide) groups is 1. The SMILES string of the molecule is CSc1c(Br)cc(C(C)CO)cc1S(C)(=O)=O. The third-order valence-electron chi connectivity index (χ3n) is 2.48. The summed E-state index contributed by atoms with van der Waals surface area (Å²) in [4.78, 5) is 1.02. The van der Waals surface area contributed by atoms with Crippen molar-refractivity contribution < 1.29 is 13.5 Å². The van der Waals surface area contributed by atoms with E-state index in [4.69, 9.17) is 5.11 Å². The molecule has 1 aromatic rings. The zero-order valence-corrected chi connectivity index (χ0v) is 13.1. The van der Waals surface area contributed by atoms with E-state index in [9.17, 15) is 8.42 Å². The summed E-state index contributed by atoms with van der Waals surface area (Å²) >= 11 is 4.77. The molecule has 0 spiro atoms. The highest BCUT2D eigenvalue weighted by atomic mass is 79.9. The third-order valence-corrected chi connectivity index (χ3v) is 5.46. The lowest BCUT2D eigenvalue weighted by molar-refractivity contribution is 0.273. The predicted octanol–water partition coefficient (Wildman–Crippen LogP) is 2.67. The number of aliphatic hydroxyl groups is 1. The molecule has 0 fully saturated rings. The Labute approximate surface area is 115 Å². The Morgan fingerprint density at radius 3 is 2.47 bits per heavy atom. The Kier molecular flexibility index (Phi) is 5.07. The topological polar surface area (TPSA) is 54.4 Å². The summed E-state index contributed by atoms with van der Waals surface area (Å²) in [5.41, 5.74) is 0.817. The Hall–Kier alpha value is -0.0400. The highest BCUT2D eigenvalue weighted by Crippen LogP contribution is 2.35. The van der Waals surface area contributed by atoms with Gasteiger partial charge in [-0.05, 0) is 39.9 Å². The number of benzene rings is 1. The first-order chi connectivity index (χ1) is 7.81. The number of aliphatic hydroxyl groups excluding tert-OH is 1. The van der Waals surface area contributed by atoms with E-state index in [1.165, 1.54) is 18.0 Å². The molecule has 1 N–H and O–H groups in total. The summed E-state index contributed by atoms with van der Waals surface area (Å²) in [6.07, 6.45) is 3.03. The van der Waals surface area contributed by atoms with Crippen LogP contribution >= 0.6 is 27.7 Å². The molecule has 1 rings (SSSR count). The fourth-order valence-corrected chi connectivity index (χ4v) is 4.56. The zero-order valence-electron chi connectivity index (χ0n) is 9.90. The maximum atomic E-state index is 11.7. The number of halogens is 1. The van der Waals surface area contributed by atoms with E-state index in [0.29, 0.717) is 9.79 Å². The van der Waals surface area contributed by atoms with Gasteiger partial charge in [-0.3, -0.25) is 0 Å². The van der Waals surface area contributed by atoms with E-state index in [-0.39, 0.29) is 12.5 Å². The molecule has 1 atom stereocenters. The van der Waals surface area contributed by atoms with Gasteiger partial charge in [-0.15, -0.1) is 11.8 Å². The summed E-state index contributed by atoms with van der Waals surface area (Å²) in [6, 6.07) is 3.51. The van der Waals surface area contributed by atoms with Gasteiger partial charge >= 0.3 is 0 Å². The highest BCUT2D eigenvalue weighted by molar-refractivity contribution is 9.10. The molecule has 6 heteroatoms. The third kappa shape index (κ3) is 3.47. The molecular formula is C11H15BrO3S2. The molecule has 0 bridgehead atoms. The largest absolute Gasteiger partial charge is 0.396 e. The molecule has 1 aromatic carbocycles. The molecular weight excluding hydrogens is 324 g/mol. The van der Waals surface area contributed by atoms with Crippen LogP contribution in [-0.2, 0) is 9.84 Å². The number of rotatable bonds is 4. The lowest BCUT2D eigenvalue weighted by Gasteiger charge is -2.14. The first-order valence-electron chi connectivity index (χ1n) is 4.99. The fraction of sp³-hybridized carbons (Fsp3) is 0.455. The van der Waals surface area contributed by atoms with Crippen LogP contribution < -0.4 is 0 Å². The maximum absolute atomic E-state index is 11.7. The summed E-state index contributed by atoms with van der Waals surface area (Å²) < 4.78 is 24.2. The van der Waals surface area contributed by atoms with Crippen LogP contribution in [-0.4, -0.2) is 32.6 Å². The average molecular weight is 339 g/mol. The van der Waals surface area contributed by atoms with Crippen molar-refractivity contribution in [3.63, 3.8) is 0 Å². The van der Waals surface area contributed by atoms with Crippen molar-refractivity contribution in [3.05, 3.63) is 22.2 Å². The second kappa shape index (κ2) is 5.73. The van der Waals surface area contributed by atoms with E-state index >= 15 is 0 Å². The average Bonchev–Trinajstić information content (AvgIpc) is 2.25. The van der Waals surface area contributed by atoms with Crippen molar-refractivity contribution in [2.45, 2.75) is 22.6 Å². The number of hydrogen-bond acceptors (Lipinski definition) is 4. The zero-order chi connectivity index (χ0) is 13.2. The maximum Gasteiger partial charge on any atom is 0.176 e. The van der Waals surface area contributed by atoms with Gasteiger partial charge in [0.25, 0.3) is 0 Å². The molecule has 0 saturated carbocycles. The molecule has 96 valence electrons. The summed E-state index contributed by atoms with van der Waals surface area (Å²) in [5.74, 6) is -0.0808. The van der Waals surface area contributed by atoms with E-state index in [1.54, 1.807) is 6.07 Å². The second-order valence-electron chi connectivity index (χ2n) is 3.89. The van der Waals surface area contributed by atoms with Crippen molar-refractivity contribution in [2.24, 2.45) is 0 Å². The first-order valence-corrected chi connectivity index (χ1v) is 8.90. The lowest BCUT2D eigenvalue weighted by atomic mass is 10.0. The van der Waals surface area contributed by atoms with Crippen LogP contribution in [0, 0.1) is 0 Å². The Morgan fingerprint density at radius 2 is 2.06 bits per heavy atom. The monoisotopic (exact) mass is 338 g/mol. The van der Waals surface area contributed by atoms with Crippen LogP contribution in [0.25, 0.3) is 0 Å². The van der Waals surface area contributed by atoms with E-state index in [2.05, 4.69) is 15.9 Å². The quantitative estimate of drug-likeness (QED) is 0.857. The van der Waals surface area contributed by atoms with E-state index in [1.807, 2.05) is 19.2 Å². The van der Waals surface area contributed by atoms with Gasteiger partial charge in [0, 0.05) is 28.1 Å². The van der Waals surface area contributed by atoms with Crippen LogP contribution in [0.1, 0.15) is 18.4 Å². The van der Waals surface area contributed by atoms with Gasteiger partial charge in [-0.2, -0.15) is 0 Å². The van der Waals surface area contributed by atoms with Crippen molar-refractivity contribution in [2.75, 3.05) is 19.1 Å². The van der Waals surface area contributed by atoms with Crippen LogP contribution in [0.15, 0.2) is 26.4 Å². The van der Waals surface area contributed by atoms with Crippen LogP contribution in [0.4, 0.5) is 0 Å². The molecule has 0 heterocycles. The number of hydrogen-bond donors (Lipinski definition) is 1. The van der Waals surface area contributed by atoms with Crippen molar-refractivity contribution >= 4 is 37.5 Å². The molecule has 0 aromatic heterocycles. The smallest absolute Gasteiger partial charge is 0.176 e. The van der Waals surface area contributed by atoms with Gasteiger partial charge in [-0.25, -0.2) is 8.42 Å². The molecule has 0 aliphatic heterocycles. The lowest BCUT2D eigenvalue weighted by Crippen LogP contribution is -2.05. The normalized spacial score (nSPS) is 13.7. The van der Waals surface area contributed by atoms with Crippen molar-refractivity contribution in [1.82, 2.24) is 0 Å². The van der Waals surface area contributed by atoms with Gasteiger partial charge in [0.1, 0.15) is 0 Å². The van der Waals surface area contributed by atoms with Gasteiger partial charge < -0.3 is 5.11 Å². The molecule has 0 saturated heterocycles. The molecule has 0 aliphatic carbocycles.